The number of fused-ring (bicyclic) bond motifs is 1. The van der Waals surface area contributed by atoms with Crippen LogP contribution in [0.15, 0.2) is 47.4 Å². The molecular formula is C15H13FN2O4S. The number of hydrogen-bond donors (Lipinski definition) is 0. The Balaban J connectivity index is 2.21. The van der Waals surface area contributed by atoms with E-state index in [4.69, 9.17) is 4.74 Å². The summed E-state index contributed by atoms with van der Waals surface area (Å²) in [5, 5.41) is 0. The number of ether oxygens (including phenoxy) is 1. The molecule has 0 radical (unpaired) electrons. The Kier molecular flexibility index (Phi) is 3.48. The number of urea groups is 1. The molecule has 23 heavy (non-hydrogen) atoms. The molecule has 1 aliphatic rings. The number of sulfonamides is 1. The van der Waals surface area contributed by atoms with Crippen molar-refractivity contribution in [3.63, 3.8) is 0 Å². The molecule has 8 heteroatoms. The highest BCUT2D eigenvalue weighted by Crippen LogP contribution is 2.38. The predicted octanol–water partition coefficient (Wildman–Crippen LogP) is 2.60. The topological polar surface area (TPSA) is 66.9 Å². The van der Waals surface area contributed by atoms with Crippen molar-refractivity contribution in [2.24, 2.45) is 0 Å². The van der Waals surface area contributed by atoms with Crippen LogP contribution in [-0.4, -0.2) is 28.6 Å². The van der Waals surface area contributed by atoms with E-state index in [2.05, 4.69) is 0 Å². The molecule has 0 spiro atoms. The summed E-state index contributed by atoms with van der Waals surface area (Å²) in [6, 6.07) is 8.29. The van der Waals surface area contributed by atoms with E-state index in [1.165, 1.54) is 49.4 Å². The van der Waals surface area contributed by atoms with Gasteiger partial charge in [0.05, 0.1) is 18.5 Å². The molecule has 2 aromatic carbocycles. The van der Waals surface area contributed by atoms with E-state index in [-0.39, 0.29) is 16.3 Å². The van der Waals surface area contributed by atoms with Crippen LogP contribution in [0.1, 0.15) is 0 Å². The maximum atomic E-state index is 13.1. The van der Waals surface area contributed by atoms with Crippen LogP contribution in [0.5, 0.6) is 5.75 Å². The molecule has 0 fully saturated rings. The monoisotopic (exact) mass is 336 g/mol. The molecule has 0 saturated heterocycles. The fourth-order valence-electron chi connectivity index (χ4n) is 2.37. The number of nitrogens with zero attached hydrogens (tertiary/aromatic N) is 2. The fraction of sp³-hybridized carbons (Fsp3) is 0.133. The van der Waals surface area contributed by atoms with Gasteiger partial charge < -0.3 is 4.74 Å². The highest BCUT2D eigenvalue weighted by Gasteiger charge is 2.41. The molecule has 0 aliphatic carbocycles. The third-order valence-electron chi connectivity index (χ3n) is 3.57. The standard InChI is InChI=1S/C15H13FN2O4S/c1-17-13-9-12(22-2)7-8-14(13)23(20,21)18(15(17)19)11-5-3-10(16)4-6-11/h3-9H,1-2H3. The summed E-state index contributed by atoms with van der Waals surface area (Å²) < 4.78 is 44.4. The van der Waals surface area contributed by atoms with Gasteiger partial charge in [0.1, 0.15) is 16.5 Å². The first kappa shape index (κ1) is 15.3. The summed E-state index contributed by atoms with van der Waals surface area (Å²) in [5.74, 6) is -0.0806. The SMILES string of the molecule is COc1ccc2c(c1)N(C)C(=O)N(c1ccc(F)cc1)S2(=O)=O. The van der Waals surface area contributed by atoms with Gasteiger partial charge in [-0.15, -0.1) is 0 Å². The van der Waals surface area contributed by atoms with Crippen LogP contribution in [0.4, 0.5) is 20.6 Å². The second-order valence-corrected chi connectivity index (χ2v) is 6.68. The Morgan fingerprint density at radius 1 is 1.09 bits per heavy atom. The lowest BCUT2D eigenvalue weighted by Crippen LogP contribution is -2.49. The second-order valence-electron chi connectivity index (χ2n) is 4.92. The molecule has 0 unspecified atom stereocenters. The third-order valence-corrected chi connectivity index (χ3v) is 5.32. The van der Waals surface area contributed by atoms with Crippen LogP contribution in [0.2, 0.25) is 0 Å². The fourth-order valence-corrected chi connectivity index (χ4v) is 3.99. The molecule has 1 aliphatic heterocycles. The largest absolute Gasteiger partial charge is 0.497 e. The molecule has 0 aromatic heterocycles. The first-order chi connectivity index (χ1) is 10.9. The van der Waals surface area contributed by atoms with Crippen molar-refractivity contribution in [1.29, 1.82) is 0 Å². The van der Waals surface area contributed by atoms with E-state index in [1.807, 2.05) is 0 Å². The highest BCUT2D eigenvalue weighted by molar-refractivity contribution is 7.94. The van der Waals surface area contributed by atoms with Gasteiger partial charge in [0.25, 0.3) is 10.0 Å². The third kappa shape index (κ3) is 2.31. The van der Waals surface area contributed by atoms with Gasteiger partial charge in [-0.2, -0.15) is 4.31 Å². The Morgan fingerprint density at radius 2 is 1.74 bits per heavy atom. The van der Waals surface area contributed by atoms with Gasteiger partial charge in [-0.25, -0.2) is 17.6 Å². The maximum absolute atomic E-state index is 13.1. The van der Waals surface area contributed by atoms with Crippen molar-refractivity contribution < 1.29 is 22.3 Å². The van der Waals surface area contributed by atoms with E-state index in [9.17, 15) is 17.6 Å². The molecule has 2 aromatic rings. The van der Waals surface area contributed by atoms with E-state index in [1.54, 1.807) is 0 Å². The number of carbonyl (C=O) groups excluding carboxylic acids is 1. The average Bonchev–Trinajstić information content (AvgIpc) is 2.54. The lowest BCUT2D eigenvalue weighted by atomic mass is 10.2. The number of rotatable bonds is 2. The molecule has 0 N–H and O–H groups in total. The molecule has 0 saturated carbocycles. The molecule has 120 valence electrons. The highest BCUT2D eigenvalue weighted by atomic mass is 32.2. The van der Waals surface area contributed by atoms with Gasteiger partial charge in [-0.1, -0.05) is 0 Å². The normalized spacial score (nSPS) is 16.2. The molecule has 1 heterocycles. The van der Waals surface area contributed by atoms with Gasteiger partial charge in [0, 0.05) is 13.1 Å². The summed E-state index contributed by atoms with van der Waals surface area (Å²) in [6.45, 7) is 0. The number of carbonyl (C=O) groups is 1. The molecule has 0 bridgehead atoms. The van der Waals surface area contributed by atoms with Crippen molar-refractivity contribution >= 4 is 27.4 Å². The van der Waals surface area contributed by atoms with Crippen molar-refractivity contribution in [2.45, 2.75) is 4.90 Å². The number of anilines is 2. The number of halogens is 1. The van der Waals surface area contributed by atoms with Gasteiger partial charge in [-0.3, -0.25) is 4.90 Å². The minimum absolute atomic E-state index is 0.0234. The van der Waals surface area contributed by atoms with Gasteiger partial charge in [0.2, 0.25) is 0 Å². The zero-order chi connectivity index (χ0) is 16.8. The maximum Gasteiger partial charge on any atom is 0.342 e. The summed E-state index contributed by atoms with van der Waals surface area (Å²) in [7, 11) is -1.18. The smallest absolute Gasteiger partial charge is 0.342 e. The lowest BCUT2D eigenvalue weighted by molar-refractivity contribution is 0.255. The van der Waals surface area contributed by atoms with Crippen LogP contribution >= 0.6 is 0 Å². The average molecular weight is 336 g/mol. The Hall–Kier alpha value is -2.61. The summed E-state index contributed by atoms with van der Waals surface area (Å²) in [6.07, 6.45) is 0. The van der Waals surface area contributed by atoms with Crippen molar-refractivity contribution in [3.8, 4) is 5.75 Å². The number of amides is 2. The van der Waals surface area contributed by atoms with Crippen LogP contribution in [0.25, 0.3) is 0 Å². The lowest BCUT2D eigenvalue weighted by Gasteiger charge is -2.34. The number of benzene rings is 2. The van der Waals surface area contributed by atoms with Gasteiger partial charge in [0.15, 0.2) is 0 Å². The molecule has 3 rings (SSSR count). The summed E-state index contributed by atoms with van der Waals surface area (Å²) >= 11 is 0. The van der Waals surface area contributed by atoms with Crippen LogP contribution in [0.3, 0.4) is 0 Å². The van der Waals surface area contributed by atoms with Gasteiger partial charge >= 0.3 is 6.03 Å². The summed E-state index contributed by atoms with van der Waals surface area (Å²) in [4.78, 5) is 13.7. The minimum atomic E-state index is -4.09. The van der Waals surface area contributed by atoms with E-state index in [0.29, 0.717) is 10.1 Å². The first-order valence-corrected chi connectivity index (χ1v) is 8.07. The van der Waals surface area contributed by atoms with E-state index in [0.717, 1.165) is 12.1 Å². The second kappa shape index (κ2) is 5.24. The molecule has 6 nitrogen and oxygen atoms in total. The Labute approximate surface area is 132 Å². The number of hydrogen-bond acceptors (Lipinski definition) is 4. The van der Waals surface area contributed by atoms with E-state index >= 15 is 0 Å². The summed E-state index contributed by atoms with van der Waals surface area (Å²) in [5.41, 5.74) is 0.303. The quantitative estimate of drug-likeness (QED) is 0.845. The zero-order valence-electron chi connectivity index (χ0n) is 12.4. The minimum Gasteiger partial charge on any atom is -0.497 e. The van der Waals surface area contributed by atoms with Crippen molar-refractivity contribution in [1.82, 2.24) is 0 Å². The Morgan fingerprint density at radius 3 is 2.35 bits per heavy atom. The zero-order valence-corrected chi connectivity index (χ0v) is 13.2. The Bertz CT molecular complexity index is 881. The van der Waals surface area contributed by atoms with Crippen LogP contribution < -0.4 is 13.9 Å². The van der Waals surface area contributed by atoms with Crippen molar-refractivity contribution in [3.05, 3.63) is 48.3 Å². The number of methoxy groups -OCH3 is 1. The molecular weight excluding hydrogens is 323 g/mol. The van der Waals surface area contributed by atoms with Crippen LogP contribution in [0, 0.1) is 5.82 Å². The first-order valence-electron chi connectivity index (χ1n) is 6.63. The predicted molar refractivity (Wildman–Crippen MR) is 82.9 cm³/mol. The van der Waals surface area contributed by atoms with E-state index < -0.39 is 21.9 Å². The van der Waals surface area contributed by atoms with Gasteiger partial charge in [-0.05, 0) is 36.4 Å². The van der Waals surface area contributed by atoms with Crippen molar-refractivity contribution in [2.75, 3.05) is 23.4 Å². The van der Waals surface area contributed by atoms with Crippen LogP contribution in [-0.2, 0) is 10.0 Å². The molecule has 0 atom stereocenters. The molecule has 2 amide bonds.